The van der Waals surface area contributed by atoms with Gasteiger partial charge in [-0.3, -0.25) is 4.79 Å². The summed E-state index contributed by atoms with van der Waals surface area (Å²) in [5.74, 6) is -0.459. The van der Waals surface area contributed by atoms with E-state index in [1.807, 2.05) is 13.8 Å². The van der Waals surface area contributed by atoms with Gasteiger partial charge in [0.1, 0.15) is 5.82 Å². The molecule has 4 aromatic heterocycles. The summed E-state index contributed by atoms with van der Waals surface area (Å²) in [4.78, 5) is 25.8. The fourth-order valence-corrected chi connectivity index (χ4v) is 4.17. The van der Waals surface area contributed by atoms with Gasteiger partial charge in [-0.2, -0.15) is 33.0 Å². The number of aromatic nitrogens is 7. The minimum absolute atomic E-state index is 0.0374. The molecule has 0 aliphatic rings. The zero-order valence-electron chi connectivity index (χ0n) is 21.4. The van der Waals surface area contributed by atoms with E-state index in [2.05, 4.69) is 30.5 Å². The highest BCUT2D eigenvalue weighted by molar-refractivity contribution is 5.91. The van der Waals surface area contributed by atoms with Crippen LogP contribution in [0.5, 0.6) is 5.88 Å². The molecule has 0 spiro atoms. The van der Waals surface area contributed by atoms with Crippen LogP contribution in [0.2, 0.25) is 0 Å². The lowest BCUT2D eigenvalue weighted by atomic mass is 10.1. The summed E-state index contributed by atoms with van der Waals surface area (Å²) < 4.78 is 50.2. The number of anilines is 1. The first-order valence-electron chi connectivity index (χ1n) is 11.8. The van der Waals surface area contributed by atoms with Crippen molar-refractivity contribution in [3.8, 4) is 17.5 Å². The van der Waals surface area contributed by atoms with Crippen LogP contribution >= 0.6 is 0 Å². The predicted octanol–water partition coefficient (Wildman–Crippen LogP) is 4.67. The van der Waals surface area contributed by atoms with Crippen molar-refractivity contribution in [2.24, 2.45) is 0 Å². The van der Waals surface area contributed by atoms with Crippen LogP contribution in [-0.2, 0) is 11.0 Å². The van der Waals surface area contributed by atoms with Crippen molar-refractivity contribution >= 4 is 22.8 Å². The van der Waals surface area contributed by atoms with Crippen molar-refractivity contribution in [1.82, 2.24) is 34.5 Å². The van der Waals surface area contributed by atoms with Gasteiger partial charge in [0.15, 0.2) is 12.3 Å². The number of halogens is 3. The van der Waals surface area contributed by atoms with E-state index in [4.69, 9.17) is 4.74 Å². The molecule has 0 aliphatic heterocycles. The lowest BCUT2D eigenvalue weighted by Crippen LogP contribution is -2.23. The van der Waals surface area contributed by atoms with Crippen LogP contribution in [0, 0.1) is 27.7 Å². The number of pyridine rings is 1. The summed E-state index contributed by atoms with van der Waals surface area (Å²) in [5.41, 5.74) is 1.74. The first-order valence-corrected chi connectivity index (χ1v) is 11.8. The summed E-state index contributed by atoms with van der Waals surface area (Å²) in [6, 6.07) is 12.9. The van der Waals surface area contributed by atoms with E-state index in [0.717, 1.165) is 17.5 Å². The number of rotatable bonds is 6. The molecule has 0 atom stereocenters. The number of fused-ring (bicyclic) bond motifs is 1. The van der Waals surface area contributed by atoms with Gasteiger partial charge in [0.25, 0.3) is 11.9 Å². The number of hydrogen-bond acceptors (Lipinski definition) is 7. The standard InChI is InChI=1S/C26H23F3N8O2/c1-14-10-15(2)31-25(30-14)37-20(11-16(3)34-37)32-21(38)13-39-22-12-19(26(27,28)29)23-17(4)35-36(24(23)33-22)18-8-6-5-7-9-18/h5-12H,13H2,1-4H3,(H,32,38). The first-order chi connectivity index (χ1) is 18.5. The zero-order chi connectivity index (χ0) is 27.9. The van der Waals surface area contributed by atoms with E-state index >= 15 is 0 Å². The summed E-state index contributed by atoms with van der Waals surface area (Å²) in [6.45, 7) is 6.24. The van der Waals surface area contributed by atoms with Gasteiger partial charge in [0.05, 0.1) is 28.0 Å². The molecule has 200 valence electrons. The van der Waals surface area contributed by atoms with Gasteiger partial charge >= 0.3 is 6.18 Å². The van der Waals surface area contributed by atoms with Crippen LogP contribution < -0.4 is 10.1 Å². The molecule has 1 N–H and O–H groups in total. The van der Waals surface area contributed by atoms with Crippen LogP contribution in [0.4, 0.5) is 19.0 Å². The summed E-state index contributed by atoms with van der Waals surface area (Å²) in [5, 5.41) is 11.1. The Bertz CT molecular complexity index is 1670. The second-order valence-electron chi connectivity index (χ2n) is 8.91. The number of alkyl halides is 3. The zero-order valence-corrected chi connectivity index (χ0v) is 21.4. The van der Waals surface area contributed by atoms with Crippen LogP contribution in [-0.4, -0.2) is 47.0 Å². The van der Waals surface area contributed by atoms with Gasteiger partial charge in [0, 0.05) is 23.5 Å². The number of nitrogens with one attached hydrogen (secondary N) is 1. The molecule has 4 heterocycles. The number of ether oxygens (including phenoxy) is 1. The van der Waals surface area contributed by atoms with Crippen LogP contribution in [0.3, 0.4) is 0 Å². The maximum Gasteiger partial charge on any atom is 0.417 e. The normalized spacial score (nSPS) is 11.7. The Hall–Kier alpha value is -4.81. The minimum Gasteiger partial charge on any atom is -0.467 e. The Balaban J connectivity index is 1.43. The SMILES string of the molecule is Cc1cc(C)nc(-n2nc(C)cc2NC(=O)COc2cc(C(F)(F)F)c3c(C)nn(-c4ccccc4)c3n2)n1. The number of aryl methyl sites for hydroxylation is 4. The molecular formula is C26H23F3N8O2. The van der Waals surface area contributed by atoms with E-state index in [0.29, 0.717) is 11.4 Å². The van der Waals surface area contributed by atoms with Gasteiger partial charge in [-0.15, -0.1) is 0 Å². The fourth-order valence-electron chi connectivity index (χ4n) is 4.17. The van der Waals surface area contributed by atoms with Gasteiger partial charge in [-0.1, -0.05) is 18.2 Å². The Kier molecular flexibility index (Phi) is 6.50. The van der Waals surface area contributed by atoms with Crippen LogP contribution in [0.25, 0.3) is 22.7 Å². The third-order valence-electron chi connectivity index (χ3n) is 5.71. The van der Waals surface area contributed by atoms with E-state index in [1.54, 1.807) is 49.4 Å². The van der Waals surface area contributed by atoms with Gasteiger partial charge in [0.2, 0.25) is 5.88 Å². The number of amides is 1. The Labute approximate surface area is 220 Å². The lowest BCUT2D eigenvalue weighted by Gasteiger charge is -2.13. The lowest BCUT2D eigenvalue weighted by molar-refractivity contribution is -0.136. The molecule has 39 heavy (non-hydrogen) atoms. The quantitative estimate of drug-likeness (QED) is 0.336. The van der Waals surface area contributed by atoms with E-state index in [-0.39, 0.29) is 34.4 Å². The minimum atomic E-state index is -4.70. The van der Waals surface area contributed by atoms with E-state index in [9.17, 15) is 18.0 Å². The van der Waals surface area contributed by atoms with Crippen molar-refractivity contribution < 1.29 is 22.7 Å². The molecule has 1 aromatic carbocycles. The topological polar surface area (TPSA) is 113 Å². The van der Waals surface area contributed by atoms with Crippen molar-refractivity contribution in [2.75, 3.05) is 11.9 Å². The Morgan fingerprint density at radius 2 is 1.59 bits per heavy atom. The summed E-state index contributed by atoms with van der Waals surface area (Å²) in [6.07, 6.45) is -4.70. The van der Waals surface area contributed by atoms with Gasteiger partial charge in [-0.05, 0) is 45.9 Å². The summed E-state index contributed by atoms with van der Waals surface area (Å²) >= 11 is 0. The molecule has 5 rings (SSSR count). The average Bonchev–Trinajstić information content (AvgIpc) is 3.40. The molecule has 10 nitrogen and oxygen atoms in total. The molecule has 0 saturated heterocycles. The number of nitrogens with zero attached hydrogens (tertiary/aromatic N) is 7. The van der Waals surface area contributed by atoms with Crippen LogP contribution in [0.1, 0.15) is 28.3 Å². The maximum atomic E-state index is 14.0. The number of benzene rings is 1. The third-order valence-corrected chi connectivity index (χ3v) is 5.71. The molecule has 0 saturated carbocycles. The molecule has 0 aliphatic carbocycles. The van der Waals surface area contributed by atoms with Gasteiger partial charge < -0.3 is 10.1 Å². The fraction of sp³-hybridized carbons (Fsp3) is 0.231. The summed E-state index contributed by atoms with van der Waals surface area (Å²) in [7, 11) is 0. The molecule has 5 aromatic rings. The highest BCUT2D eigenvalue weighted by atomic mass is 19.4. The Morgan fingerprint density at radius 1 is 0.897 bits per heavy atom. The maximum absolute atomic E-state index is 14.0. The van der Waals surface area contributed by atoms with Crippen LogP contribution in [0.15, 0.2) is 48.5 Å². The molecule has 0 unspecified atom stereocenters. The second kappa shape index (κ2) is 9.82. The van der Waals surface area contributed by atoms with E-state index in [1.165, 1.54) is 16.3 Å². The monoisotopic (exact) mass is 536 g/mol. The third kappa shape index (κ3) is 5.28. The average molecular weight is 537 g/mol. The van der Waals surface area contributed by atoms with Crippen molar-refractivity contribution in [3.05, 3.63) is 76.9 Å². The smallest absolute Gasteiger partial charge is 0.417 e. The molecule has 0 bridgehead atoms. The number of hydrogen-bond donors (Lipinski definition) is 1. The van der Waals surface area contributed by atoms with Crippen molar-refractivity contribution in [3.63, 3.8) is 0 Å². The van der Waals surface area contributed by atoms with E-state index < -0.39 is 24.3 Å². The van der Waals surface area contributed by atoms with Crippen molar-refractivity contribution in [2.45, 2.75) is 33.9 Å². The predicted molar refractivity (Wildman–Crippen MR) is 136 cm³/mol. The number of carbonyl (C=O) groups is 1. The molecular weight excluding hydrogens is 513 g/mol. The first kappa shape index (κ1) is 25.8. The highest BCUT2D eigenvalue weighted by Crippen LogP contribution is 2.38. The molecule has 0 fully saturated rings. The molecule has 13 heteroatoms. The number of para-hydroxylation sites is 1. The number of carbonyl (C=O) groups excluding carboxylic acids is 1. The Morgan fingerprint density at radius 3 is 2.26 bits per heavy atom. The molecule has 1 amide bonds. The second-order valence-corrected chi connectivity index (χ2v) is 8.91. The van der Waals surface area contributed by atoms with Gasteiger partial charge in [-0.25, -0.2) is 14.6 Å². The largest absolute Gasteiger partial charge is 0.467 e. The highest BCUT2D eigenvalue weighted by Gasteiger charge is 2.36. The molecule has 0 radical (unpaired) electrons. The van der Waals surface area contributed by atoms with Crippen molar-refractivity contribution in [1.29, 1.82) is 0 Å².